The highest BCUT2D eigenvalue weighted by atomic mass is 16.8. The van der Waals surface area contributed by atoms with E-state index in [2.05, 4.69) is 19.9 Å². The summed E-state index contributed by atoms with van der Waals surface area (Å²) in [5.74, 6) is -0.377. The maximum Gasteiger partial charge on any atom is 0.302 e. The van der Waals surface area contributed by atoms with Crippen LogP contribution in [-0.2, 0) is 99.5 Å². The first kappa shape index (κ1) is 85.3. The van der Waals surface area contributed by atoms with Gasteiger partial charge in [0.1, 0.15) is 116 Å². The zero-order chi connectivity index (χ0) is 78.0. The minimum Gasteiger partial charge on any atom is -0.459 e. The number of hydrogen-bond donors (Lipinski definition) is 13. The number of fused-ring (bicyclic) bond motifs is 5. The van der Waals surface area contributed by atoms with Crippen LogP contribution in [0.15, 0.2) is 11.6 Å². The van der Waals surface area contributed by atoms with Crippen molar-refractivity contribution in [3.8, 4) is 0 Å². The molecule has 0 bridgehead atoms. The second kappa shape index (κ2) is 35.4. The first-order valence-corrected chi connectivity index (χ1v) is 38.9. The lowest BCUT2D eigenvalue weighted by molar-refractivity contribution is -0.361. The molecular formula is C74H122O34. The van der Waals surface area contributed by atoms with Gasteiger partial charge >= 0.3 is 5.97 Å². The van der Waals surface area contributed by atoms with E-state index < -0.39 is 253 Å². The monoisotopic (exact) mass is 1550 g/mol. The van der Waals surface area contributed by atoms with Crippen molar-refractivity contribution in [1.29, 1.82) is 0 Å². The minimum atomic E-state index is -1.71. The molecule has 8 saturated heterocycles. The molecular weight excluding hydrogens is 1430 g/mol. The van der Waals surface area contributed by atoms with E-state index in [1.54, 1.807) is 48.7 Å². The maximum absolute atomic E-state index is 12.8. The molecule has 34 nitrogen and oxygen atoms in total. The normalized spacial score (nSPS) is 53.2. The number of aliphatic hydroxyl groups is 13. The van der Waals surface area contributed by atoms with E-state index in [-0.39, 0.29) is 66.3 Å². The van der Waals surface area contributed by atoms with Crippen molar-refractivity contribution >= 4 is 5.97 Å². The fourth-order valence-electron chi connectivity index (χ4n) is 20.1. The van der Waals surface area contributed by atoms with Gasteiger partial charge in [0.05, 0.1) is 86.5 Å². The summed E-state index contributed by atoms with van der Waals surface area (Å²) in [5, 5.41) is 141. The van der Waals surface area contributed by atoms with Crippen LogP contribution >= 0.6 is 0 Å². The van der Waals surface area contributed by atoms with Crippen LogP contribution in [0.2, 0.25) is 0 Å². The number of carbonyl (C=O) groups is 1. The second-order valence-electron chi connectivity index (χ2n) is 32.9. The molecule has 11 fully saturated rings. The van der Waals surface area contributed by atoms with Gasteiger partial charge in [-0.25, -0.2) is 0 Å². The summed E-state index contributed by atoms with van der Waals surface area (Å²) in [6, 6.07) is 0. The minimum absolute atomic E-state index is 0.0510. The molecule has 0 amide bonds. The van der Waals surface area contributed by atoms with Crippen molar-refractivity contribution in [1.82, 2.24) is 0 Å². The van der Waals surface area contributed by atoms with Gasteiger partial charge in [-0.3, -0.25) is 4.79 Å². The average Bonchev–Trinajstić information content (AvgIpc) is 1.45. The van der Waals surface area contributed by atoms with E-state index in [0.29, 0.717) is 19.3 Å². The number of rotatable bonds is 23. The summed E-state index contributed by atoms with van der Waals surface area (Å²) >= 11 is 0. The Labute approximate surface area is 629 Å². The van der Waals surface area contributed by atoms with Crippen LogP contribution in [0, 0.1) is 34.5 Å². The third kappa shape index (κ3) is 17.3. The maximum atomic E-state index is 12.8. The topological polar surface area (TPSA) is 465 Å². The third-order valence-corrected chi connectivity index (χ3v) is 26.1. The smallest absolute Gasteiger partial charge is 0.302 e. The van der Waals surface area contributed by atoms with Gasteiger partial charge in [-0.15, -0.1) is 0 Å². The van der Waals surface area contributed by atoms with Gasteiger partial charge in [-0.1, -0.05) is 25.5 Å². The summed E-state index contributed by atoms with van der Waals surface area (Å²) in [7, 11) is 4.55. The van der Waals surface area contributed by atoms with E-state index in [4.69, 9.17) is 94.7 Å². The van der Waals surface area contributed by atoms with Crippen molar-refractivity contribution < 1.29 is 166 Å². The third-order valence-electron chi connectivity index (χ3n) is 26.1. The van der Waals surface area contributed by atoms with Gasteiger partial charge in [0, 0.05) is 59.9 Å². The fourth-order valence-corrected chi connectivity index (χ4v) is 20.1. The average molecular weight is 1560 g/mol. The van der Waals surface area contributed by atoms with E-state index in [9.17, 15) is 71.2 Å². The number of aliphatic hydroxyl groups excluding tert-OH is 13. The number of hydrogen-bond acceptors (Lipinski definition) is 34. The molecule has 8 heterocycles. The predicted molar refractivity (Wildman–Crippen MR) is 365 cm³/mol. The number of allylic oxidation sites excluding steroid dienone is 1. The van der Waals surface area contributed by atoms with Crippen LogP contribution in [-0.4, -0.2) is 346 Å². The highest BCUT2D eigenvalue weighted by molar-refractivity contribution is 5.66. The molecule has 4 aliphatic carbocycles. The van der Waals surface area contributed by atoms with E-state index in [1.165, 1.54) is 33.6 Å². The molecule has 0 aromatic heterocycles. The summed E-state index contributed by atoms with van der Waals surface area (Å²) < 4.78 is 124. The van der Waals surface area contributed by atoms with Crippen molar-refractivity contribution in [2.24, 2.45) is 34.5 Å². The highest BCUT2D eigenvalue weighted by Crippen LogP contribution is 2.67. The van der Waals surface area contributed by atoms with Crippen LogP contribution in [0.1, 0.15) is 140 Å². The van der Waals surface area contributed by atoms with Crippen molar-refractivity contribution in [2.75, 3.05) is 34.5 Å². The lowest BCUT2D eigenvalue weighted by Crippen LogP contribution is -2.62. The van der Waals surface area contributed by atoms with Crippen LogP contribution < -0.4 is 0 Å². The molecule has 622 valence electrons. The Balaban J connectivity index is 0.621. The Morgan fingerprint density at radius 2 is 0.926 bits per heavy atom. The SMILES string of the molecule is CO[C@H]1C[C@H](O[C@@H]2[C@@H](O)[C@H](O[C@H]3CC[C@@]4(C)C(=CC[C@@H]5C4CC[C@@]4(C)C5C[C@@H](O[C@@H]5O[C@H](CO[C@@H]6O[C@@H](C)[C@H](O)[C@@H](O)[C@H]6O)[C@@H](O)[C@H](O)[C@H]5O)[C@@H]4[C@H](C)O)C3)O[C@H](C)[C@H]2O)O[C@H](C)[C@H]1O[C@H]1C[C@@H](OC(C)=O)[C@H](O[C@H]2C[C@H](OC)[C@H](O[C@H]3C[C@H](OC)[C@H](O[C@@H]4O[C@H](CO)[C@@H](O)[C@H](O)[C@H]4O)[C@@H](C)O3)[C@@H](C)O2)[C@@H](C)O1. The van der Waals surface area contributed by atoms with Crippen molar-refractivity contribution in [2.45, 2.75) is 379 Å². The van der Waals surface area contributed by atoms with Crippen molar-refractivity contribution in [3.05, 3.63) is 11.6 Å². The largest absolute Gasteiger partial charge is 0.459 e. The summed E-state index contributed by atoms with van der Waals surface area (Å²) in [5.41, 5.74) is 0.673. The van der Waals surface area contributed by atoms with Crippen LogP contribution in [0.5, 0.6) is 0 Å². The number of esters is 1. The lowest BCUT2D eigenvalue weighted by atomic mass is 9.47. The number of carbonyl (C=O) groups excluding carboxylic acids is 1. The molecule has 34 heteroatoms. The molecule has 13 N–H and O–H groups in total. The molecule has 0 aromatic carbocycles. The Bertz CT molecular complexity index is 2920. The zero-order valence-corrected chi connectivity index (χ0v) is 64.0. The molecule has 8 aliphatic heterocycles. The van der Waals surface area contributed by atoms with Crippen LogP contribution in [0.3, 0.4) is 0 Å². The number of methoxy groups -OCH3 is 3. The van der Waals surface area contributed by atoms with Crippen LogP contribution in [0.25, 0.3) is 0 Å². The first-order valence-electron chi connectivity index (χ1n) is 38.9. The lowest BCUT2D eigenvalue weighted by Gasteiger charge is -2.58. The Morgan fingerprint density at radius 1 is 0.472 bits per heavy atom. The zero-order valence-electron chi connectivity index (χ0n) is 64.0. The van der Waals surface area contributed by atoms with Crippen molar-refractivity contribution in [3.63, 3.8) is 0 Å². The second-order valence-corrected chi connectivity index (χ2v) is 32.9. The van der Waals surface area contributed by atoms with Gasteiger partial charge in [0.15, 0.2) is 50.3 Å². The number of ether oxygens (including phenoxy) is 20. The van der Waals surface area contributed by atoms with E-state index in [0.717, 1.165) is 25.7 Å². The Morgan fingerprint density at radius 3 is 1.45 bits per heavy atom. The fraction of sp³-hybridized carbons (Fsp3) is 0.959. The molecule has 108 heavy (non-hydrogen) atoms. The van der Waals surface area contributed by atoms with Gasteiger partial charge in [0.2, 0.25) is 0 Å². The van der Waals surface area contributed by atoms with Gasteiger partial charge in [0.25, 0.3) is 0 Å². The van der Waals surface area contributed by atoms with Gasteiger partial charge in [-0.2, -0.15) is 0 Å². The Kier molecular flexibility index (Phi) is 28.0. The molecule has 0 radical (unpaired) electrons. The molecule has 3 saturated carbocycles. The predicted octanol–water partition coefficient (Wildman–Crippen LogP) is -1.31. The summed E-state index contributed by atoms with van der Waals surface area (Å²) in [6.45, 7) is 16.8. The van der Waals surface area contributed by atoms with E-state index in [1.807, 2.05) is 0 Å². The van der Waals surface area contributed by atoms with Gasteiger partial charge in [-0.05, 0) is 122 Å². The quantitative estimate of drug-likeness (QED) is 0.0417. The molecule has 45 atom stereocenters. The Hall–Kier alpha value is -2.07. The summed E-state index contributed by atoms with van der Waals surface area (Å²) in [6.07, 6.45) is -34.0. The summed E-state index contributed by atoms with van der Waals surface area (Å²) in [4.78, 5) is 12.8. The van der Waals surface area contributed by atoms with E-state index >= 15 is 0 Å². The molecule has 12 rings (SSSR count). The molecule has 12 aliphatic rings. The van der Waals surface area contributed by atoms with Crippen LogP contribution in [0.4, 0.5) is 0 Å². The first-order chi connectivity index (χ1) is 51.2. The highest BCUT2D eigenvalue weighted by Gasteiger charge is 2.64. The molecule has 2 unspecified atom stereocenters. The standard InChI is InChI=1S/C74H122O34/c1-28(76)52-41(101-70-61(86)59(84)56(81)47(103-70)27-92-69-60(85)57(82)53(78)29(2)97-69)21-40-38-15-14-36-20-37(16-18-73(36,9)39(38)17-19-74(40,52)10)100-72-63(88)68(54(79)30(3)98-72)107-50-23-43(90-12)65(32(5)94-50)105-51-25-45(99-35(8)77)67(34(7)96-51)106-49-22-42(89-11)64(31(4)93-49)104-48-24-44(91-13)66(33(6)95-48)108-71-62(87)58(83)55(80)46(26-75)102-71/h14,28-34,37-72,75-76,78-88H,15-27H2,1-13H3/t28-,29-,30+,31+,32+,33+,34+,37-,38+,39?,40?,41+,42-,43-,44-,45+,46+,47+,48-,49-,50-,51-,52-,53-,54+,55+,56+,57+,58-,59-,60+,61+,62+,63+,64+,65+,66+,67+,68-,69+,70+,71-,72-,73-,74-/m0/s1. The molecule has 0 spiro atoms. The molecule has 0 aromatic rings. The van der Waals surface area contributed by atoms with Gasteiger partial charge < -0.3 is 161 Å².